The number of benzene rings is 1. The van der Waals surface area contributed by atoms with Gasteiger partial charge >= 0.3 is 6.03 Å². The average Bonchev–Trinajstić information content (AvgIpc) is 3.19. The molecule has 1 heterocycles. The minimum Gasteiger partial charge on any atom is -0.352 e. The third kappa shape index (κ3) is 7.50. The number of nitrogens with zero attached hydrogens (tertiary/aromatic N) is 1. The number of rotatable bonds is 9. The van der Waals surface area contributed by atoms with E-state index >= 15 is 0 Å². The molecule has 3 atom stereocenters. The van der Waals surface area contributed by atoms with Crippen molar-refractivity contribution in [2.45, 2.75) is 69.9 Å². The van der Waals surface area contributed by atoms with E-state index in [9.17, 15) is 9.59 Å². The Labute approximate surface area is 224 Å². The zero-order chi connectivity index (χ0) is 25.7. The van der Waals surface area contributed by atoms with Crippen molar-refractivity contribution in [3.8, 4) is 0 Å². The van der Waals surface area contributed by atoms with E-state index in [1.54, 1.807) is 6.08 Å². The van der Waals surface area contributed by atoms with Crippen molar-refractivity contribution < 1.29 is 9.59 Å². The van der Waals surface area contributed by atoms with Crippen LogP contribution in [0.2, 0.25) is 0 Å². The Morgan fingerprint density at radius 3 is 2.58 bits per heavy atom. The number of carbonyl (C=O) groups is 2. The number of hydrogen-bond donors (Lipinski definition) is 3. The van der Waals surface area contributed by atoms with Gasteiger partial charge in [-0.05, 0) is 63.8 Å². The third-order valence-electron chi connectivity index (χ3n) is 7.63. The number of amides is 3. The van der Waals surface area contributed by atoms with Crippen LogP contribution in [0.4, 0.5) is 4.79 Å². The van der Waals surface area contributed by atoms with Gasteiger partial charge in [0.05, 0.1) is 5.54 Å². The van der Waals surface area contributed by atoms with E-state index in [4.69, 9.17) is 23.2 Å². The van der Waals surface area contributed by atoms with E-state index in [1.165, 1.54) is 17.5 Å². The molecule has 2 fully saturated rings. The van der Waals surface area contributed by atoms with Gasteiger partial charge in [-0.2, -0.15) is 0 Å². The van der Waals surface area contributed by atoms with Gasteiger partial charge in [-0.15, -0.1) is 0 Å². The number of nitrogens with one attached hydrogen (secondary N) is 3. The van der Waals surface area contributed by atoms with Crippen LogP contribution in [0.15, 0.2) is 46.5 Å². The largest absolute Gasteiger partial charge is 0.352 e. The summed E-state index contributed by atoms with van der Waals surface area (Å²) in [6, 6.07) is 8.56. The Hall–Kier alpha value is -2.02. The van der Waals surface area contributed by atoms with E-state index < -0.39 is 5.54 Å². The summed E-state index contributed by atoms with van der Waals surface area (Å²) >= 11 is 12.4. The standard InChI is InChI=1S/C28H38Cl2N4O2/c1-19-6-8-20(9-7-19)22(17-31-27(36)33-28(2)15-23(29)14-24(30)16-28)10-12-34-13-11-25(18-34)32-26(35)21-4-3-5-21/h6-9,14-15,21-22,25H,3-5,10-13,16-18H2,1-2H3,(H,32,35)(H2,31,33,36). The monoisotopic (exact) mass is 532 g/mol. The first-order chi connectivity index (χ1) is 17.2. The van der Waals surface area contributed by atoms with Crippen molar-refractivity contribution in [2.75, 3.05) is 26.2 Å². The predicted octanol–water partition coefficient (Wildman–Crippen LogP) is 5.17. The van der Waals surface area contributed by atoms with Gasteiger partial charge in [0.25, 0.3) is 0 Å². The lowest BCUT2D eigenvalue weighted by molar-refractivity contribution is -0.128. The fourth-order valence-corrected chi connectivity index (χ4v) is 6.08. The molecule has 2 aliphatic carbocycles. The van der Waals surface area contributed by atoms with Gasteiger partial charge in [0, 0.05) is 54.0 Å². The molecule has 1 saturated heterocycles. The molecule has 8 heteroatoms. The van der Waals surface area contributed by atoms with E-state index in [1.807, 2.05) is 13.0 Å². The topological polar surface area (TPSA) is 73.5 Å². The fourth-order valence-electron chi connectivity index (χ4n) is 5.25. The van der Waals surface area contributed by atoms with E-state index in [0.29, 0.717) is 23.0 Å². The molecular formula is C28H38Cl2N4O2. The number of likely N-dealkylation sites (tertiary alicyclic amines) is 1. The maximum absolute atomic E-state index is 12.8. The number of allylic oxidation sites excluding steroid dienone is 2. The van der Waals surface area contributed by atoms with Crippen molar-refractivity contribution in [3.05, 3.63) is 57.6 Å². The molecule has 0 radical (unpaired) electrons. The van der Waals surface area contributed by atoms with E-state index in [-0.39, 0.29) is 29.8 Å². The SMILES string of the molecule is Cc1ccc(C(CCN2CCC(NC(=O)C3CCC3)C2)CNC(=O)NC2(C)C=C(Cl)C=C(Cl)C2)cc1. The highest BCUT2D eigenvalue weighted by Crippen LogP contribution is 2.30. The number of aryl methyl sites for hydroxylation is 1. The Balaban J connectivity index is 1.29. The van der Waals surface area contributed by atoms with Crippen LogP contribution in [0.1, 0.15) is 62.5 Å². The summed E-state index contributed by atoms with van der Waals surface area (Å²) in [5, 5.41) is 10.5. The Morgan fingerprint density at radius 1 is 1.17 bits per heavy atom. The first-order valence-corrected chi connectivity index (χ1v) is 13.8. The molecule has 1 aromatic rings. The molecule has 3 unspecified atom stereocenters. The second kappa shape index (κ2) is 12.0. The van der Waals surface area contributed by atoms with Crippen LogP contribution in [0.25, 0.3) is 0 Å². The predicted molar refractivity (Wildman–Crippen MR) is 146 cm³/mol. The first kappa shape index (κ1) is 27.0. The number of urea groups is 1. The molecule has 3 aliphatic rings. The zero-order valence-corrected chi connectivity index (χ0v) is 22.8. The van der Waals surface area contributed by atoms with E-state index in [0.717, 1.165) is 45.3 Å². The van der Waals surface area contributed by atoms with Gasteiger partial charge < -0.3 is 20.9 Å². The lowest BCUT2D eigenvalue weighted by atomic mass is 9.84. The van der Waals surface area contributed by atoms with Crippen molar-refractivity contribution in [2.24, 2.45) is 5.92 Å². The zero-order valence-electron chi connectivity index (χ0n) is 21.3. The average molecular weight is 534 g/mol. The summed E-state index contributed by atoms with van der Waals surface area (Å²) < 4.78 is 0. The van der Waals surface area contributed by atoms with Crippen LogP contribution in [0.3, 0.4) is 0 Å². The Bertz CT molecular complexity index is 1010. The number of carbonyl (C=O) groups excluding carboxylic acids is 2. The minimum absolute atomic E-state index is 0.182. The summed E-state index contributed by atoms with van der Waals surface area (Å²) in [5.74, 6) is 0.652. The molecule has 1 aromatic carbocycles. The smallest absolute Gasteiger partial charge is 0.315 e. The van der Waals surface area contributed by atoms with Crippen molar-refractivity contribution in [1.29, 1.82) is 0 Å². The quantitative estimate of drug-likeness (QED) is 0.410. The van der Waals surface area contributed by atoms with Gasteiger partial charge in [0.2, 0.25) is 5.91 Å². The fraction of sp³-hybridized carbons (Fsp3) is 0.571. The molecule has 6 nitrogen and oxygen atoms in total. The molecule has 196 valence electrons. The third-order valence-corrected chi connectivity index (χ3v) is 8.09. The van der Waals surface area contributed by atoms with Crippen LogP contribution in [-0.2, 0) is 4.79 Å². The highest BCUT2D eigenvalue weighted by molar-refractivity contribution is 6.35. The lowest BCUT2D eigenvalue weighted by Gasteiger charge is -2.30. The molecule has 0 bridgehead atoms. The molecule has 1 saturated carbocycles. The Kier molecular flexibility index (Phi) is 9.02. The molecular weight excluding hydrogens is 495 g/mol. The molecule has 0 spiro atoms. The normalized spacial score (nSPS) is 25.4. The lowest BCUT2D eigenvalue weighted by Crippen LogP contribution is -2.50. The highest BCUT2D eigenvalue weighted by Gasteiger charge is 2.31. The minimum atomic E-state index is -0.624. The maximum atomic E-state index is 12.8. The summed E-state index contributed by atoms with van der Waals surface area (Å²) in [4.78, 5) is 27.6. The van der Waals surface area contributed by atoms with Gasteiger partial charge in [-0.3, -0.25) is 4.79 Å². The van der Waals surface area contributed by atoms with Crippen LogP contribution in [-0.4, -0.2) is 54.6 Å². The summed E-state index contributed by atoms with van der Waals surface area (Å²) in [6.45, 7) is 7.33. The van der Waals surface area contributed by atoms with Gasteiger partial charge in [0.15, 0.2) is 0 Å². The second-order valence-electron chi connectivity index (χ2n) is 10.9. The Morgan fingerprint density at radius 2 is 1.92 bits per heavy atom. The van der Waals surface area contributed by atoms with E-state index in [2.05, 4.69) is 52.0 Å². The van der Waals surface area contributed by atoms with Crippen LogP contribution >= 0.6 is 23.2 Å². The molecule has 36 heavy (non-hydrogen) atoms. The molecule has 3 N–H and O–H groups in total. The van der Waals surface area contributed by atoms with Crippen LogP contribution < -0.4 is 16.0 Å². The number of halogens is 2. The first-order valence-electron chi connectivity index (χ1n) is 13.1. The van der Waals surface area contributed by atoms with Crippen molar-refractivity contribution >= 4 is 35.1 Å². The molecule has 4 rings (SSSR count). The maximum Gasteiger partial charge on any atom is 0.315 e. The number of hydrogen-bond acceptors (Lipinski definition) is 3. The molecule has 0 aromatic heterocycles. The van der Waals surface area contributed by atoms with Crippen molar-refractivity contribution in [3.63, 3.8) is 0 Å². The van der Waals surface area contributed by atoms with Crippen LogP contribution in [0, 0.1) is 12.8 Å². The molecule has 3 amide bonds. The summed E-state index contributed by atoms with van der Waals surface area (Å²) in [5.41, 5.74) is 1.81. The highest BCUT2D eigenvalue weighted by atomic mass is 35.5. The molecule has 1 aliphatic heterocycles. The van der Waals surface area contributed by atoms with Gasteiger partial charge in [-0.25, -0.2) is 4.79 Å². The second-order valence-corrected chi connectivity index (χ2v) is 11.8. The summed E-state index contributed by atoms with van der Waals surface area (Å²) in [7, 11) is 0. The van der Waals surface area contributed by atoms with Gasteiger partial charge in [-0.1, -0.05) is 59.5 Å². The van der Waals surface area contributed by atoms with Gasteiger partial charge in [0.1, 0.15) is 0 Å². The van der Waals surface area contributed by atoms with Crippen molar-refractivity contribution in [1.82, 2.24) is 20.9 Å². The summed E-state index contributed by atoms with van der Waals surface area (Å²) in [6.07, 6.45) is 9.21. The van der Waals surface area contributed by atoms with Crippen LogP contribution in [0.5, 0.6) is 0 Å².